The van der Waals surface area contributed by atoms with Crippen molar-refractivity contribution >= 4 is 16.7 Å². The van der Waals surface area contributed by atoms with Gasteiger partial charge in [0.25, 0.3) is 0 Å². The zero-order chi connectivity index (χ0) is 14.3. The summed E-state index contributed by atoms with van der Waals surface area (Å²) in [4.78, 5) is 8.11. The highest BCUT2D eigenvalue weighted by Crippen LogP contribution is 2.28. The number of nitrogens with zero attached hydrogens (tertiary/aromatic N) is 1. The Balaban J connectivity index is 2.20. The maximum atomic E-state index is 5.96. The van der Waals surface area contributed by atoms with Crippen molar-refractivity contribution < 1.29 is 0 Å². The zero-order valence-corrected chi connectivity index (χ0v) is 12.1. The van der Waals surface area contributed by atoms with Crippen LogP contribution in [0.2, 0.25) is 0 Å². The molecule has 0 fully saturated rings. The first-order valence-electron chi connectivity index (χ1n) is 6.94. The Hall–Kier alpha value is -2.29. The van der Waals surface area contributed by atoms with Gasteiger partial charge in [0, 0.05) is 11.3 Å². The molecule has 3 N–H and O–H groups in total. The average molecular weight is 265 g/mol. The average Bonchev–Trinajstić information content (AvgIpc) is 2.85. The number of nitrogens with two attached hydrogens (primary N) is 1. The van der Waals surface area contributed by atoms with Crippen LogP contribution in [0.25, 0.3) is 22.4 Å². The molecule has 0 aliphatic carbocycles. The predicted octanol–water partition coefficient (Wildman–Crippen LogP) is 3.99. The van der Waals surface area contributed by atoms with Crippen molar-refractivity contribution in [2.24, 2.45) is 0 Å². The summed E-state index contributed by atoms with van der Waals surface area (Å²) in [6, 6.07) is 10.4. The fourth-order valence-corrected chi connectivity index (χ4v) is 2.54. The molecule has 2 aromatic carbocycles. The molecule has 0 aliphatic heterocycles. The Morgan fingerprint density at radius 2 is 1.95 bits per heavy atom. The maximum absolute atomic E-state index is 5.96. The molecule has 0 atom stereocenters. The van der Waals surface area contributed by atoms with Crippen LogP contribution in [0, 0.1) is 13.8 Å². The smallest absolute Gasteiger partial charge is 0.138 e. The van der Waals surface area contributed by atoms with Crippen molar-refractivity contribution in [2.75, 3.05) is 5.73 Å². The number of hydrogen-bond acceptors (Lipinski definition) is 2. The van der Waals surface area contributed by atoms with Gasteiger partial charge >= 0.3 is 0 Å². The number of aryl methyl sites for hydroxylation is 2. The van der Waals surface area contributed by atoms with Crippen LogP contribution in [0.5, 0.6) is 0 Å². The van der Waals surface area contributed by atoms with Gasteiger partial charge in [0.2, 0.25) is 0 Å². The van der Waals surface area contributed by atoms with Crippen molar-refractivity contribution in [2.45, 2.75) is 27.2 Å². The van der Waals surface area contributed by atoms with E-state index in [9.17, 15) is 0 Å². The molecule has 0 saturated heterocycles. The normalized spacial score (nSPS) is 11.2. The van der Waals surface area contributed by atoms with Crippen LogP contribution >= 0.6 is 0 Å². The van der Waals surface area contributed by atoms with E-state index in [-0.39, 0.29) is 0 Å². The molecule has 1 aromatic heterocycles. The summed E-state index contributed by atoms with van der Waals surface area (Å²) in [5.41, 5.74) is 13.6. The van der Waals surface area contributed by atoms with Crippen molar-refractivity contribution in [3.8, 4) is 11.4 Å². The molecule has 0 aliphatic rings. The number of aromatic amines is 1. The third-order valence-corrected chi connectivity index (χ3v) is 3.90. The first-order valence-corrected chi connectivity index (χ1v) is 6.94. The van der Waals surface area contributed by atoms with Crippen LogP contribution in [0.15, 0.2) is 30.3 Å². The second-order valence-electron chi connectivity index (χ2n) is 5.30. The highest BCUT2D eigenvalue weighted by atomic mass is 14.9. The number of nitrogen functional groups attached to an aromatic ring is 1. The maximum Gasteiger partial charge on any atom is 0.138 e. The minimum atomic E-state index is 0.776. The molecule has 3 heteroatoms. The molecule has 0 amide bonds. The van der Waals surface area contributed by atoms with Gasteiger partial charge in [-0.2, -0.15) is 0 Å². The van der Waals surface area contributed by atoms with Crippen molar-refractivity contribution in [1.29, 1.82) is 0 Å². The Bertz CT molecular complexity index is 784. The molecule has 0 unspecified atom stereocenters. The largest absolute Gasteiger partial charge is 0.399 e. The third-order valence-electron chi connectivity index (χ3n) is 3.90. The van der Waals surface area contributed by atoms with E-state index in [4.69, 9.17) is 10.7 Å². The molecule has 3 rings (SSSR count). The Labute approximate surface area is 118 Å². The van der Waals surface area contributed by atoms with Crippen LogP contribution in [0.4, 0.5) is 5.69 Å². The highest BCUT2D eigenvalue weighted by Gasteiger charge is 2.10. The van der Waals surface area contributed by atoms with Crippen LogP contribution in [-0.2, 0) is 6.42 Å². The first-order chi connectivity index (χ1) is 9.58. The quantitative estimate of drug-likeness (QED) is 0.688. The van der Waals surface area contributed by atoms with Gasteiger partial charge in [-0.3, -0.25) is 0 Å². The van der Waals surface area contributed by atoms with Gasteiger partial charge in [-0.25, -0.2) is 4.98 Å². The molecular weight excluding hydrogens is 246 g/mol. The predicted molar refractivity (Wildman–Crippen MR) is 84.8 cm³/mol. The fourth-order valence-electron chi connectivity index (χ4n) is 2.54. The van der Waals surface area contributed by atoms with Gasteiger partial charge < -0.3 is 10.7 Å². The van der Waals surface area contributed by atoms with Gasteiger partial charge in [-0.1, -0.05) is 13.0 Å². The van der Waals surface area contributed by atoms with E-state index in [0.717, 1.165) is 34.5 Å². The van der Waals surface area contributed by atoms with Gasteiger partial charge in [-0.05, 0) is 61.2 Å². The lowest BCUT2D eigenvalue weighted by Gasteiger charge is -2.07. The summed E-state index contributed by atoms with van der Waals surface area (Å²) in [7, 11) is 0. The number of benzene rings is 2. The Morgan fingerprint density at radius 3 is 2.70 bits per heavy atom. The Morgan fingerprint density at radius 1 is 1.15 bits per heavy atom. The molecule has 1 heterocycles. The molecule has 0 spiro atoms. The highest BCUT2D eigenvalue weighted by molar-refractivity contribution is 5.81. The van der Waals surface area contributed by atoms with Crippen LogP contribution in [-0.4, -0.2) is 9.97 Å². The summed E-state index contributed by atoms with van der Waals surface area (Å²) >= 11 is 0. The summed E-state index contributed by atoms with van der Waals surface area (Å²) in [6.45, 7) is 6.34. The summed E-state index contributed by atoms with van der Waals surface area (Å²) in [5.74, 6) is 0.890. The van der Waals surface area contributed by atoms with Crippen molar-refractivity contribution in [1.82, 2.24) is 9.97 Å². The molecule has 3 nitrogen and oxygen atoms in total. The number of fused-ring (bicyclic) bond motifs is 1. The number of rotatable bonds is 2. The van der Waals surface area contributed by atoms with Crippen molar-refractivity contribution in [3.05, 3.63) is 47.0 Å². The van der Waals surface area contributed by atoms with E-state index >= 15 is 0 Å². The standard InChI is InChI=1S/C17H19N3/c1-4-12-5-6-15-16(8-12)20-17(19-15)14-9-13(18)7-10(2)11(14)3/h5-9H,4,18H2,1-3H3,(H,19,20). The first kappa shape index (κ1) is 12.7. The van der Waals surface area contributed by atoms with E-state index in [2.05, 4.69) is 44.0 Å². The molecule has 3 aromatic rings. The monoisotopic (exact) mass is 265 g/mol. The van der Waals surface area contributed by atoms with Gasteiger partial charge in [0.15, 0.2) is 0 Å². The van der Waals surface area contributed by atoms with E-state index in [1.165, 1.54) is 16.7 Å². The van der Waals surface area contributed by atoms with E-state index in [1.807, 2.05) is 12.1 Å². The van der Waals surface area contributed by atoms with Gasteiger partial charge in [-0.15, -0.1) is 0 Å². The zero-order valence-electron chi connectivity index (χ0n) is 12.1. The van der Waals surface area contributed by atoms with Crippen LogP contribution in [0.3, 0.4) is 0 Å². The molecule has 20 heavy (non-hydrogen) atoms. The SMILES string of the molecule is CCc1ccc2nc(-c3cc(N)cc(C)c3C)[nH]c2c1. The lowest BCUT2D eigenvalue weighted by Crippen LogP contribution is -1.93. The van der Waals surface area contributed by atoms with E-state index in [0.29, 0.717) is 0 Å². The van der Waals surface area contributed by atoms with E-state index in [1.54, 1.807) is 0 Å². The second kappa shape index (κ2) is 4.67. The fraction of sp³-hybridized carbons (Fsp3) is 0.235. The van der Waals surface area contributed by atoms with Gasteiger partial charge in [0.1, 0.15) is 5.82 Å². The molecule has 0 radical (unpaired) electrons. The number of imidazole rings is 1. The third kappa shape index (κ3) is 2.05. The number of anilines is 1. The lowest BCUT2D eigenvalue weighted by atomic mass is 10.0. The Kier molecular flexibility index (Phi) is 2.97. The van der Waals surface area contributed by atoms with E-state index < -0.39 is 0 Å². The summed E-state index contributed by atoms with van der Waals surface area (Å²) < 4.78 is 0. The van der Waals surface area contributed by atoms with Crippen LogP contribution < -0.4 is 5.73 Å². The molecule has 102 valence electrons. The summed E-state index contributed by atoms with van der Waals surface area (Å²) in [6.07, 6.45) is 1.03. The molecular formula is C17H19N3. The summed E-state index contributed by atoms with van der Waals surface area (Å²) in [5, 5.41) is 0. The van der Waals surface area contributed by atoms with Gasteiger partial charge in [0.05, 0.1) is 11.0 Å². The number of hydrogen-bond donors (Lipinski definition) is 2. The number of H-pyrrole nitrogens is 1. The molecule has 0 saturated carbocycles. The lowest BCUT2D eigenvalue weighted by molar-refractivity contribution is 1.14. The minimum absolute atomic E-state index is 0.776. The minimum Gasteiger partial charge on any atom is -0.399 e. The number of aromatic nitrogens is 2. The second-order valence-corrected chi connectivity index (χ2v) is 5.30. The number of nitrogens with one attached hydrogen (secondary N) is 1. The molecule has 0 bridgehead atoms. The van der Waals surface area contributed by atoms with Crippen molar-refractivity contribution in [3.63, 3.8) is 0 Å². The van der Waals surface area contributed by atoms with Crippen LogP contribution in [0.1, 0.15) is 23.6 Å². The topological polar surface area (TPSA) is 54.7 Å².